The van der Waals surface area contributed by atoms with E-state index in [1.165, 1.54) is 39.9 Å². The maximum absolute atomic E-state index is 13.1. The van der Waals surface area contributed by atoms with E-state index in [4.69, 9.17) is 14.2 Å². The number of fused-ring (bicyclic) bond motifs is 2. The van der Waals surface area contributed by atoms with Crippen LogP contribution in [0.25, 0.3) is 10.2 Å². The van der Waals surface area contributed by atoms with Crippen molar-refractivity contribution in [3.05, 3.63) is 46.8 Å². The van der Waals surface area contributed by atoms with Crippen molar-refractivity contribution in [2.45, 2.75) is 44.0 Å². The Balaban J connectivity index is 1.45. The second-order valence-electron chi connectivity index (χ2n) is 8.67. The summed E-state index contributed by atoms with van der Waals surface area (Å²) in [4.78, 5) is 30.0. The first-order valence-corrected chi connectivity index (χ1v) is 14.4. The number of amides is 1. The average molecular weight is 546 g/mol. The van der Waals surface area contributed by atoms with Gasteiger partial charge in [-0.2, -0.15) is 9.30 Å². The van der Waals surface area contributed by atoms with Gasteiger partial charge in [0.15, 0.2) is 16.3 Å². The molecule has 2 aromatic carbocycles. The molecule has 10 nitrogen and oxygen atoms in total. The normalized spacial score (nSPS) is 16.3. The molecule has 0 N–H and O–H groups in total. The highest BCUT2D eigenvalue weighted by atomic mass is 32.2. The largest absolute Gasteiger partial charge is 0.466 e. The van der Waals surface area contributed by atoms with Gasteiger partial charge in [0, 0.05) is 37.3 Å². The van der Waals surface area contributed by atoms with Gasteiger partial charge in [0.05, 0.1) is 28.1 Å². The predicted octanol–water partition coefficient (Wildman–Crippen LogP) is 3.30. The van der Waals surface area contributed by atoms with E-state index < -0.39 is 15.9 Å². The Hall–Kier alpha value is -3.22. The zero-order valence-corrected chi connectivity index (χ0v) is 22.0. The molecular formula is C25H27N3O7S2. The predicted molar refractivity (Wildman–Crippen MR) is 136 cm³/mol. The van der Waals surface area contributed by atoms with Gasteiger partial charge >= 0.3 is 5.97 Å². The van der Waals surface area contributed by atoms with Crippen LogP contribution in [0.5, 0.6) is 11.5 Å². The summed E-state index contributed by atoms with van der Waals surface area (Å²) < 4.78 is 46.0. The van der Waals surface area contributed by atoms with Crippen molar-refractivity contribution < 1.29 is 32.2 Å². The number of hydrogen-bond acceptors (Lipinski definition) is 8. The molecule has 0 aliphatic carbocycles. The highest BCUT2D eigenvalue weighted by molar-refractivity contribution is 7.89. The molecule has 2 aliphatic rings. The first-order chi connectivity index (χ1) is 17.9. The number of benzene rings is 2. The van der Waals surface area contributed by atoms with E-state index in [0.717, 1.165) is 29.5 Å². The summed E-state index contributed by atoms with van der Waals surface area (Å²) in [6.07, 6.45) is 2.84. The lowest BCUT2D eigenvalue weighted by molar-refractivity contribution is -0.143. The van der Waals surface area contributed by atoms with Crippen LogP contribution < -0.4 is 14.3 Å². The number of sulfonamides is 1. The van der Waals surface area contributed by atoms with Gasteiger partial charge in [0.1, 0.15) is 0 Å². The van der Waals surface area contributed by atoms with Crippen LogP contribution in [0.3, 0.4) is 0 Å². The van der Waals surface area contributed by atoms with Gasteiger partial charge in [-0.3, -0.25) is 9.59 Å². The molecule has 3 heterocycles. The zero-order chi connectivity index (χ0) is 26.0. The molecule has 0 saturated carbocycles. The van der Waals surface area contributed by atoms with Gasteiger partial charge in [-0.05, 0) is 44.0 Å². The molecule has 1 aromatic heterocycles. The molecule has 3 aromatic rings. The minimum Gasteiger partial charge on any atom is -0.466 e. The van der Waals surface area contributed by atoms with Gasteiger partial charge in [0.2, 0.25) is 16.8 Å². The fourth-order valence-corrected chi connectivity index (χ4v) is 6.95. The number of thiazole rings is 1. The Labute approximate surface area is 218 Å². The van der Waals surface area contributed by atoms with Crippen LogP contribution in [0, 0.1) is 0 Å². The minimum absolute atomic E-state index is 0.110. The van der Waals surface area contributed by atoms with Crippen molar-refractivity contribution in [2.24, 2.45) is 4.99 Å². The quantitative estimate of drug-likeness (QED) is 0.418. The van der Waals surface area contributed by atoms with E-state index in [2.05, 4.69) is 4.99 Å². The van der Waals surface area contributed by atoms with Gasteiger partial charge in [-0.25, -0.2) is 8.42 Å². The van der Waals surface area contributed by atoms with Crippen LogP contribution in [0.2, 0.25) is 0 Å². The Morgan fingerprint density at radius 1 is 1.05 bits per heavy atom. The summed E-state index contributed by atoms with van der Waals surface area (Å²) in [5.41, 5.74) is 1.02. The van der Waals surface area contributed by atoms with Gasteiger partial charge in [-0.15, -0.1) is 0 Å². The van der Waals surface area contributed by atoms with Crippen LogP contribution in [0.4, 0.5) is 0 Å². The molecule has 0 radical (unpaired) electrons. The number of aromatic nitrogens is 1. The lowest BCUT2D eigenvalue weighted by Crippen LogP contribution is -2.35. The maximum Gasteiger partial charge on any atom is 0.307 e. The summed E-state index contributed by atoms with van der Waals surface area (Å²) in [5.74, 6) is 0.324. The molecule has 12 heteroatoms. The number of carbonyl (C=O) groups excluding carboxylic acids is 2. The maximum atomic E-state index is 13.1. The molecule has 2 aliphatic heterocycles. The molecule has 5 rings (SSSR count). The third-order valence-corrected chi connectivity index (χ3v) is 9.23. The fraction of sp³-hybridized carbons (Fsp3) is 0.400. The molecule has 1 fully saturated rings. The van der Waals surface area contributed by atoms with Crippen molar-refractivity contribution in [3.63, 3.8) is 0 Å². The fourth-order valence-electron chi connectivity index (χ4n) is 4.37. The van der Waals surface area contributed by atoms with Gasteiger partial charge < -0.3 is 18.8 Å². The number of aryl methyl sites for hydroxylation is 1. The highest BCUT2D eigenvalue weighted by Gasteiger charge is 2.26. The summed E-state index contributed by atoms with van der Waals surface area (Å²) in [6.45, 7) is 3.44. The Kier molecular flexibility index (Phi) is 7.31. The molecule has 0 spiro atoms. The monoisotopic (exact) mass is 545 g/mol. The highest BCUT2D eigenvalue weighted by Crippen LogP contribution is 2.37. The number of nitrogens with zero attached hydrogens (tertiary/aromatic N) is 3. The molecule has 0 unspecified atom stereocenters. The molecule has 1 saturated heterocycles. The smallest absolute Gasteiger partial charge is 0.307 e. The Morgan fingerprint density at radius 3 is 2.46 bits per heavy atom. The number of esters is 1. The van der Waals surface area contributed by atoms with Crippen LogP contribution in [-0.2, 0) is 26.1 Å². The van der Waals surface area contributed by atoms with Crippen LogP contribution in [-0.4, -0.2) is 55.7 Å². The van der Waals surface area contributed by atoms with E-state index in [1.54, 1.807) is 11.5 Å². The second kappa shape index (κ2) is 10.6. The Morgan fingerprint density at radius 2 is 1.76 bits per heavy atom. The number of ether oxygens (including phenoxy) is 3. The topological polar surface area (TPSA) is 117 Å². The van der Waals surface area contributed by atoms with Crippen LogP contribution in [0.1, 0.15) is 43.0 Å². The van der Waals surface area contributed by atoms with Crippen molar-refractivity contribution in [1.82, 2.24) is 8.87 Å². The zero-order valence-electron chi connectivity index (χ0n) is 20.3. The summed E-state index contributed by atoms with van der Waals surface area (Å²) >= 11 is 1.29. The summed E-state index contributed by atoms with van der Waals surface area (Å²) in [5, 5.41) is 0. The summed E-state index contributed by atoms with van der Waals surface area (Å²) in [7, 11) is -3.59. The van der Waals surface area contributed by atoms with Crippen molar-refractivity contribution in [1.29, 1.82) is 0 Å². The SMILES string of the molecule is CCOC(=O)CCn1c(=NC(=O)c2ccc(S(=O)(=O)N3CCCCC3)cc2)sc2cc3c(cc21)OCO3. The first-order valence-electron chi connectivity index (χ1n) is 12.1. The van der Waals surface area contributed by atoms with Crippen molar-refractivity contribution >= 4 is 43.5 Å². The number of piperidine rings is 1. The lowest BCUT2D eigenvalue weighted by Gasteiger charge is -2.25. The number of rotatable bonds is 7. The Bertz CT molecular complexity index is 1500. The third-order valence-electron chi connectivity index (χ3n) is 6.27. The third kappa shape index (κ3) is 5.27. The summed E-state index contributed by atoms with van der Waals surface area (Å²) in [6, 6.07) is 9.50. The number of carbonyl (C=O) groups is 2. The number of hydrogen-bond donors (Lipinski definition) is 0. The van der Waals surface area contributed by atoms with E-state index in [9.17, 15) is 18.0 Å². The molecule has 0 bridgehead atoms. The standard InChI is InChI=1S/C25H27N3O7S2/c1-2-33-23(29)10-13-28-19-14-20-21(35-16-34-20)15-22(19)36-25(28)26-24(30)17-6-8-18(9-7-17)37(31,32)27-11-4-3-5-12-27/h6-9,14-15H,2-5,10-13,16H2,1H3. The molecule has 0 atom stereocenters. The van der Waals surface area contributed by atoms with Gasteiger partial charge in [-0.1, -0.05) is 17.8 Å². The minimum atomic E-state index is -3.59. The van der Waals surface area contributed by atoms with Crippen molar-refractivity contribution in [2.75, 3.05) is 26.5 Å². The average Bonchev–Trinajstić information content (AvgIpc) is 3.50. The van der Waals surface area contributed by atoms with E-state index >= 15 is 0 Å². The van der Waals surface area contributed by atoms with Gasteiger partial charge in [0.25, 0.3) is 5.91 Å². The molecule has 37 heavy (non-hydrogen) atoms. The van der Waals surface area contributed by atoms with E-state index in [1.807, 2.05) is 12.1 Å². The molecular weight excluding hydrogens is 518 g/mol. The molecule has 1 amide bonds. The van der Waals surface area contributed by atoms with E-state index in [0.29, 0.717) is 29.4 Å². The van der Waals surface area contributed by atoms with Crippen LogP contribution in [0.15, 0.2) is 46.3 Å². The second-order valence-corrected chi connectivity index (χ2v) is 11.6. The van der Waals surface area contributed by atoms with Crippen LogP contribution >= 0.6 is 11.3 Å². The van der Waals surface area contributed by atoms with E-state index in [-0.39, 0.29) is 42.8 Å². The molecule has 196 valence electrons. The van der Waals surface area contributed by atoms with Crippen molar-refractivity contribution in [3.8, 4) is 11.5 Å². The first kappa shape index (κ1) is 25.4. The lowest BCUT2D eigenvalue weighted by atomic mass is 10.2.